The third-order valence-electron chi connectivity index (χ3n) is 5.13. The van der Waals surface area contributed by atoms with Gasteiger partial charge in [0.25, 0.3) is 5.91 Å². The number of aromatic nitrogens is 1. The molecule has 1 aliphatic heterocycles. The van der Waals surface area contributed by atoms with E-state index in [2.05, 4.69) is 4.98 Å². The Morgan fingerprint density at radius 3 is 2.96 bits per heavy atom. The van der Waals surface area contributed by atoms with Crippen molar-refractivity contribution in [1.29, 1.82) is 0 Å². The molecular formula is C22H24N2O3. The number of hydrogen-bond acceptors (Lipinski definition) is 3. The van der Waals surface area contributed by atoms with Crippen molar-refractivity contribution < 1.29 is 14.3 Å². The Morgan fingerprint density at radius 2 is 2.07 bits per heavy atom. The predicted octanol–water partition coefficient (Wildman–Crippen LogP) is 4.11. The average Bonchev–Trinajstić information content (AvgIpc) is 3.20. The molecule has 3 aromatic rings. The van der Waals surface area contributed by atoms with Gasteiger partial charge in [-0.05, 0) is 49.2 Å². The lowest BCUT2D eigenvalue weighted by molar-refractivity contribution is 0.0633. The highest BCUT2D eigenvalue weighted by Crippen LogP contribution is 2.23. The standard InChI is InChI=1S/C22H24N2O3/c1-26-19-5-2-6-20(13-19)27-15-16-4-3-11-24(14-16)22(25)18-7-8-21-17(12-18)9-10-23-21/h2,5-10,12-13,16,23H,3-4,11,14-15H2,1H3. The van der Waals surface area contributed by atoms with Crippen molar-refractivity contribution >= 4 is 16.8 Å². The predicted molar refractivity (Wildman–Crippen MR) is 105 cm³/mol. The van der Waals surface area contributed by atoms with Gasteiger partial charge in [0.15, 0.2) is 0 Å². The second-order valence-electron chi connectivity index (χ2n) is 7.03. The fourth-order valence-electron chi connectivity index (χ4n) is 3.66. The number of aromatic amines is 1. The third kappa shape index (κ3) is 3.92. The first kappa shape index (κ1) is 17.5. The van der Waals surface area contributed by atoms with Crippen LogP contribution in [0.3, 0.4) is 0 Å². The second-order valence-corrected chi connectivity index (χ2v) is 7.03. The number of amides is 1. The van der Waals surface area contributed by atoms with E-state index in [0.717, 1.165) is 53.9 Å². The largest absolute Gasteiger partial charge is 0.497 e. The third-order valence-corrected chi connectivity index (χ3v) is 5.13. The first-order valence-electron chi connectivity index (χ1n) is 9.36. The number of carbonyl (C=O) groups is 1. The Labute approximate surface area is 158 Å². The highest BCUT2D eigenvalue weighted by atomic mass is 16.5. The Kier molecular flexibility index (Phi) is 5.01. The minimum Gasteiger partial charge on any atom is -0.497 e. The first-order valence-corrected chi connectivity index (χ1v) is 9.36. The van der Waals surface area contributed by atoms with Crippen LogP contribution in [0, 0.1) is 5.92 Å². The minimum absolute atomic E-state index is 0.101. The van der Waals surface area contributed by atoms with Gasteiger partial charge in [-0.2, -0.15) is 0 Å². The zero-order chi connectivity index (χ0) is 18.6. The molecule has 2 heterocycles. The number of methoxy groups -OCH3 is 1. The van der Waals surface area contributed by atoms with Gasteiger partial charge in [0.1, 0.15) is 11.5 Å². The first-order chi connectivity index (χ1) is 13.2. The van der Waals surface area contributed by atoms with E-state index in [1.54, 1.807) is 7.11 Å². The number of piperidine rings is 1. The molecule has 1 N–H and O–H groups in total. The topological polar surface area (TPSA) is 54.6 Å². The average molecular weight is 364 g/mol. The molecule has 1 aromatic heterocycles. The molecule has 0 bridgehead atoms. The van der Waals surface area contributed by atoms with Gasteiger partial charge in [-0.15, -0.1) is 0 Å². The van der Waals surface area contributed by atoms with Crippen molar-refractivity contribution in [2.75, 3.05) is 26.8 Å². The number of benzene rings is 2. The molecule has 1 saturated heterocycles. The van der Waals surface area contributed by atoms with E-state index in [1.807, 2.05) is 59.6 Å². The van der Waals surface area contributed by atoms with Crippen molar-refractivity contribution in [3.05, 3.63) is 60.3 Å². The van der Waals surface area contributed by atoms with E-state index in [-0.39, 0.29) is 5.91 Å². The van der Waals surface area contributed by atoms with Crippen LogP contribution in [-0.4, -0.2) is 42.6 Å². The SMILES string of the molecule is COc1cccc(OCC2CCCN(C(=O)c3ccc4[nH]ccc4c3)C2)c1. The molecule has 1 atom stereocenters. The Bertz CT molecular complexity index is 934. The van der Waals surface area contributed by atoms with E-state index < -0.39 is 0 Å². The van der Waals surface area contributed by atoms with Crippen molar-refractivity contribution in [1.82, 2.24) is 9.88 Å². The van der Waals surface area contributed by atoms with Crippen LogP contribution < -0.4 is 9.47 Å². The normalized spacial score (nSPS) is 17.1. The Morgan fingerprint density at radius 1 is 1.19 bits per heavy atom. The molecule has 140 valence electrons. The van der Waals surface area contributed by atoms with Gasteiger partial charge in [0.2, 0.25) is 0 Å². The van der Waals surface area contributed by atoms with Crippen molar-refractivity contribution in [3.63, 3.8) is 0 Å². The minimum atomic E-state index is 0.101. The van der Waals surface area contributed by atoms with Crippen LogP contribution in [0.1, 0.15) is 23.2 Å². The smallest absolute Gasteiger partial charge is 0.253 e. The monoisotopic (exact) mass is 364 g/mol. The highest BCUT2D eigenvalue weighted by Gasteiger charge is 2.25. The summed E-state index contributed by atoms with van der Waals surface area (Å²) in [5.74, 6) is 2.03. The molecule has 1 aliphatic rings. The summed E-state index contributed by atoms with van der Waals surface area (Å²) in [6.07, 6.45) is 3.97. The lowest BCUT2D eigenvalue weighted by atomic mass is 9.98. The maximum absolute atomic E-state index is 12.9. The zero-order valence-corrected chi connectivity index (χ0v) is 15.5. The highest BCUT2D eigenvalue weighted by molar-refractivity contribution is 5.98. The number of rotatable bonds is 5. The van der Waals surface area contributed by atoms with Crippen LogP contribution in [0.5, 0.6) is 11.5 Å². The molecule has 27 heavy (non-hydrogen) atoms. The van der Waals surface area contributed by atoms with Crippen LogP contribution in [0.15, 0.2) is 54.7 Å². The van der Waals surface area contributed by atoms with Gasteiger partial charge < -0.3 is 19.4 Å². The number of H-pyrrole nitrogens is 1. The fourth-order valence-corrected chi connectivity index (χ4v) is 3.66. The van der Waals surface area contributed by atoms with E-state index in [4.69, 9.17) is 9.47 Å². The number of likely N-dealkylation sites (tertiary alicyclic amines) is 1. The molecule has 0 radical (unpaired) electrons. The van der Waals surface area contributed by atoms with Crippen LogP contribution in [0.2, 0.25) is 0 Å². The molecule has 4 rings (SSSR count). The van der Waals surface area contributed by atoms with E-state index in [0.29, 0.717) is 12.5 Å². The van der Waals surface area contributed by atoms with Gasteiger partial charge >= 0.3 is 0 Å². The summed E-state index contributed by atoms with van der Waals surface area (Å²) in [5, 5.41) is 1.07. The summed E-state index contributed by atoms with van der Waals surface area (Å²) in [7, 11) is 1.65. The van der Waals surface area contributed by atoms with E-state index in [9.17, 15) is 4.79 Å². The van der Waals surface area contributed by atoms with Crippen LogP contribution >= 0.6 is 0 Å². The molecule has 1 amide bonds. The van der Waals surface area contributed by atoms with Crippen molar-refractivity contribution in [2.45, 2.75) is 12.8 Å². The molecule has 5 heteroatoms. The molecule has 1 unspecified atom stereocenters. The molecule has 2 aromatic carbocycles. The summed E-state index contributed by atoms with van der Waals surface area (Å²) in [4.78, 5) is 18.0. The summed E-state index contributed by atoms with van der Waals surface area (Å²) < 4.78 is 11.2. The van der Waals surface area contributed by atoms with E-state index >= 15 is 0 Å². The summed E-state index contributed by atoms with van der Waals surface area (Å²) in [6, 6.07) is 15.5. The number of hydrogen-bond donors (Lipinski definition) is 1. The maximum atomic E-state index is 12.9. The van der Waals surface area contributed by atoms with E-state index in [1.165, 1.54) is 0 Å². The molecule has 5 nitrogen and oxygen atoms in total. The van der Waals surface area contributed by atoms with Gasteiger partial charge in [-0.25, -0.2) is 0 Å². The molecule has 0 aliphatic carbocycles. The quantitative estimate of drug-likeness (QED) is 0.741. The van der Waals surface area contributed by atoms with Gasteiger partial charge in [-0.1, -0.05) is 6.07 Å². The van der Waals surface area contributed by atoms with Gasteiger partial charge in [0, 0.05) is 47.7 Å². The van der Waals surface area contributed by atoms with Crippen LogP contribution in [0.4, 0.5) is 0 Å². The summed E-state index contributed by atoms with van der Waals surface area (Å²) in [5.41, 5.74) is 1.80. The van der Waals surface area contributed by atoms with Crippen LogP contribution in [-0.2, 0) is 0 Å². The van der Waals surface area contributed by atoms with Crippen molar-refractivity contribution in [3.8, 4) is 11.5 Å². The number of nitrogens with one attached hydrogen (secondary N) is 1. The lowest BCUT2D eigenvalue weighted by Crippen LogP contribution is -2.41. The van der Waals surface area contributed by atoms with Crippen molar-refractivity contribution in [2.24, 2.45) is 5.92 Å². The number of fused-ring (bicyclic) bond motifs is 1. The van der Waals surface area contributed by atoms with Crippen LogP contribution in [0.25, 0.3) is 10.9 Å². The second kappa shape index (κ2) is 7.74. The molecular weight excluding hydrogens is 340 g/mol. The molecule has 1 fully saturated rings. The molecule has 0 saturated carbocycles. The number of nitrogens with zero attached hydrogens (tertiary/aromatic N) is 1. The summed E-state index contributed by atoms with van der Waals surface area (Å²) >= 11 is 0. The molecule has 0 spiro atoms. The lowest BCUT2D eigenvalue weighted by Gasteiger charge is -2.32. The zero-order valence-electron chi connectivity index (χ0n) is 15.5. The van der Waals surface area contributed by atoms with Gasteiger partial charge in [-0.3, -0.25) is 4.79 Å². The Hall–Kier alpha value is -2.95. The fraction of sp³-hybridized carbons (Fsp3) is 0.318. The maximum Gasteiger partial charge on any atom is 0.253 e. The Balaban J connectivity index is 1.39. The number of carbonyl (C=O) groups excluding carboxylic acids is 1. The summed E-state index contributed by atoms with van der Waals surface area (Å²) in [6.45, 7) is 2.14. The number of ether oxygens (including phenoxy) is 2. The van der Waals surface area contributed by atoms with Gasteiger partial charge in [0.05, 0.1) is 13.7 Å².